The van der Waals surface area contributed by atoms with Crippen molar-refractivity contribution in [1.82, 2.24) is 4.90 Å². The third kappa shape index (κ3) is 5.33. The predicted octanol–water partition coefficient (Wildman–Crippen LogP) is 4.59. The Balaban J connectivity index is 1.41. The number of hydrogen-bond acceptors (Lipinski definition) is 4. The number of para-hydroxylation sites is 1. The zero-order valence-corrected chi connectivity index (χ0v) is 18.7. The second kappa shape index (κ2) is 9.76. The van der Waals surface area contributed by atoms with Crippen LogP contribution in [-0.2, 0) is 10.0 Å². The van der Waals surface area contributed by atoms with Gasteiger partial charge in [-0.25, -0.2) is 21.6 Å². The van der Waals surface area contributed by atoms with E-state index in [1.165, 1.54) is 48.5 Å². The molecule has 1 aliphatic heterocycles. The predicted molar refractivity (Wildman–Crippen MR) is 120 cm³/mol. The van der Waals surface area contributed by atoms with E-state index in [0.717, 1.165) is 18.2 Å². The minimum Gasteiger partial charge on any atom is -0.487 e. The number of amides is 1. The van der Waals surface area contributed by atoms with Crippen LogP contribution in [0.3, 0.4) is 0 Å². The van der Waals surface area contributed by atoms with Crippen molar-refractivity contribution >= 4 is 21.6 Å². The summed E-state index contributed by atoms with van der Waals surface area (Å²) in [6.07, 6.45) is 0.505. The fourth-order valence-corrected chi connectivity index (χ4v) is 4.77. The molecule has 1 heterocycles. The SMILES string of the molecule is O=C(c1cccc(S(=O)(=O)Nc2ccccc2F)c1)N1CCC(Oc2ccc(F)cc2F)CC1. The van der Waals surface area contributed by atoms with E-state index in [9.17, 15) is 26.4 Å². The summed E-state index contributed by atoms with van der Waals surface area (Å²) in [5, 5.41) is 0. The molecule has 6 nitrogen and oxygen atoms in total. The minimum atomic E-state index is -4.12. The molecule has 0 bridgehead atoms. The van der Waals surface area contributed by atoms with E-state index in [1.807, 2.05) is 0 Å². The largest absolute Gasteiger partial charge is 0.487 e. The van der Waals surface area contributed by atoms with Crippen molar-refractivity contribution < 1.29 is 31.1 Å². The Morgan fingerprint density at radius 3 is 2.35 bits per heavy atom. The van der Waals surface area contributed by atoms with Crippen LogP contribution >= 0.6 is 0 Å². The number of hydrogen-bond donors (Lipinski definition) is 1. The highest BCUT2D eigenvalue weighted by molar-refractivity contribution is 7.92. The van der Waals surface area contributed by atoms with Crippen LogP contribution in [0.4, 0.5) is 18.9 Å². The van der Waals surface area contributed by atoms with Gasteiger partial charge in [0.1, 0.15) is 17.7 Å². The number of carbonyl (C=O) groups is 1. The number of nitrogens with one attached hydrogen (secondary N) is 1. The molecule has 34 heavy (non-hydrogen) atoms. The average Bonchev–Trinajstić information content (AvgIpc) is 2.82. The summed E-state index contributed by atoms with van der Waals surface area (Å²) >= 11 is 0. The molecule has 3 aromatic carbocycles. The lowest BCUT2D eigenvalue weighted by Gasteiger charge is -2.32. The van der Waals surface area contributed by atoms with Gasteiger partial charge < -0.3 is 9.64 Å². The zero-order valence-electron chi connectivity index (χ0n) is 17.9. The maximum atomic E-state index is 13.9. The molecule has 1 aliphatic rings. The molecule has 0 spiro atoms. The zero-order chi connectivity index (χ0) is 24.3. The molecular weight excluding hydrogens is 469 g/mol. The highest BCUT2D eigenvalue weighted by Gasteiger charge is 2.26. The van der Waals surface area contributed by atoms with Gasteiger partial charge in [-0.15, -0.1) is 0 Å². The fraction of sp³-hybridized carbons (Fsp3) is 0.208. The summed E-state index contributed by atoms with van der Waals surface area (Å²) in [5.41, 5.74) is -0.0285. The lowest BCUT2D eigenvalue weighted by atomic mass is 10.1. The van der Waals surface area contributed by atoms with E-state index in [-0.39, 0.29) is 33.9 Å². The molecule has 0 atom stereocenters. The second-order valence-electron chi connectivity index (χ2n) is 7.80. The number of anilines is 1. The van der Waals surface area contributed by atoms with Gasteiger partial charge in [-0.05, 0) is 42.5 Å². The van der Waals surface area contributed by atoms with E-state index in [1.54, 1.807) is 4.90 Å². The lowest BCUT2D eigenvalue weighted by molar-refractivity contribution is 0.0588. The van der Waals surface area contributed by atoms with E-state index in [4.69, 9.17) is 4.74 Å². The summed E-state index contributed by atoms with van der Waals surface area (Å²) < 4.78 is 73.9. The van der Waals surface area contributed by atoms with Crippen LogP contribution in [0.5, 0.6) is 5.75 Å². The number of rotatable bonds is 6. The number of likely N-dealkylation sites (tertiary alicyclic amines) is 1. The van der Waals surface area contributed by atoms with Crippen molar-refractivity contribution in [3.63, 3.8) is 0 Å². The first-order chi connectivity index (χ1) is 16.2. The van der Waals surface area contributed by atoms with Gasteiger partial charge in [-0.2, -0.15) is 0 Å². The van der Waals surface area contributed by atoms with Gasteiger partial charge >= 0.3 is 0 Å². The number of piperidine rings is 1. The highest BCUT2D eigenvalue weighted by Crippen LogP contribution is 2.24. The van der Waals surface area contributed by atoms with Gasteiger partial charge in [0.2, 0.25) is 0 Å². The molecule has 1 N–H and O–H groups in total. The van der Waals surface area contributed by atoms with E-state index in [2.05, 4.69) is 4.72 Å². The Bertz CT molecular complexity index is 1310. The van der Waals surface area contributed by atoms with Crippen molar-refractivity contribution in [2.24, 2.45) is 0 Å². The first-order valence-corrected chi connectivity index (χ1v) is 12.0. The highest BCUT2D eigenvalue weighted by atomic mass is 32.2. The molecule has 0 unspecified atom stereocenters. The maximum absolute atomic E-state index is 13.9. The maximum Gasteiger partial charge on any atom is 0.262 e. The van der Waals surface area contributed by atoms with Gasteiger partial charge in [0.05, 0.1) is 10.6 Å². The van der Waals surface area contributed by atoms with Crippen LogP contribution in [0.2, 0.25) is 0 Å². The molecule has 1 saturated heterocycles. The normalized spacial score (nSPS) is 14.6. The molecule has 4 rings (SSSR count). The van der Waals surface area contributed by atoms with E-state index in [0.29, 0.717) is 25.9 Å². The summed E-state index contributed by atoms with van der Waals surface area (Å²) in [5.74, 6) is -2.62. The molecule has 0 aromatic heterocycles. The molecule has 0 aliphatic carbocycles. The summed E-state index contributed by atoms with van der Waals surface area (Å²) in [4.78, 5) is 14.3. The Kier molecular flexibility index (Phi) is 6.78. The van der Waals surface area contributed by atoms with Gasteiger partial charge in [-0.1, -0.05) is 18.2 Å². The number of carbonyl (C=O) groups excluding carboxylic acids is 1. The molecule has 0 radical (unpaired) electrons. The number of sulfonamides is 1. The van der Waals surface area contributed by atoms with Crippen LogP contribution in [0, 0.1) is 17.5 Å². The number of nitrogens with zero attached hydrogens (tertiary/aromatic N) is 1. The lowest BCUT2D eigenvalue weighted by Crippen LogP contribution is -2.41. The standard InChI is InChI=1S/C24H21F3N2O4S/c25-17-8-9-23(21(27)15-17)33-18-10-12-29(13-11-18)24(30)16-4-3-5-19(14-16)34(31,32)28-22-7-2-1-6-20(22)26/h1-9,14-15,18,28H,10-13H2. The van der Waals surface area contributed by atoms with Crippen LogP contribution < -0.4 is 9.46 Å². The van der Waals surface area contributed by atoms with E-state index >= 15 is 0 Å². The van der Waals surface area contributed by atoms with Crippen LogP contribution in [0.15, 0.2) is 71.6 Å². The van der Waals surface area contributed by atoms with Gasteiger partial charge in [0.25, 0.3) is 15.9 Å². The Morgan fingerprint density at radius 1 is 0.912 bits per heavy atom. The smallest absolute Gasteiger partial charge is 0.262 e. The second-order valence-corrected chi connectivity index (χ2v) is 9.48. The summed E-state index contributed by atoms with van der Waals surface area (Å²) in [7, 11) is -4.12. The molecule has 1 amide bonds. The van der Waals surface area contributed by atoms with Gasteiger partial charge in [-0.3, -0.25) is 9.52 Å². The third-order valence-electron chi connectivity index (χ3n) is 5.43. The van der Waals surface area contributed by atoms with Gasteiger partial charge in [0.15, 0.2) is 11.6 Å². The quantitative estimate of drug-likeness (QED) is 0.549. The third-order valence-corrected chi connectivity index (χ3v) is 6.79. The first-order valence-electron chi connectivity index (χ1n) is 10.5. The molecule has 0 saturated carbocycles. The van der Waals surface area contributed by atoms with Crippen molar-refractivity contribution in [1.29, 1.82) is 0 Å². The Labute approximate surface area is 195 Å². The molecule has 178 valence electrons. The summed E-state index contributed by atoms with van der Waals surface area (Å²) in [6.45, 7) is 0.632. The van der Waals surface area contributed by atoms with E-state index < -0.39 is 27.5 Å². The van der Waals surface area contributed by atoms with Crippen LogP contribution in [0.1, 0.15) is 23.2 Å². The number of ether oxygens (including phenoxy) is 1. The van der Waals surface area contributed by atoms with Crippen molar-refractivity contribution in [3.05, 3.63) is 89.7 Å². The summed E-state index contributed by atoms with van der Waals surface area (Å²) in [6, 6.07) is 14.0. The fourth-order valence-electron chi connectivity index (χ4n) is 3.65. The molecule has 1 fully saturated rings. The first kappa shape index (κ1) is 23.6. The molecular formula is C24H21F3N2O4S. The van der Waals surface area contributed by atoms with Crippen molar-refractivity contribution in [2.45, 2.75) is 23.8 Å². The van der Waals surface area contributed by atoms with Gasteiger partial charge in [0, 0.05) is 37.6 Å². The molecule has 3 aromatic rings. The minimum absolute atomic E-state index is 0.0496. The number of halogens is 3. The topological polar surface area (TPSA) is 75.7 Å². The number of benzene rings is 3. The van der Waals surface area contributed by atoms with Crippen LogP contribution in [-0.4, -0.2) is 38.4 Å². The Hall–Kier alpha value is -3.53. The van der Waals surface area contributed by atoms with Crippen molar-refractivity contribution in [2.75, 3.05) is 17.8 Å². The van der Waals surface area contributed by atoms with Crippen molar-refractivity contribution in [3.8, 4) is 5.75 Å². The molecule has 10 heteroatoms. The van der Waals surface area contributed by atoms with Crippen LogP contribution in [0.25, 0.3) is 0 Å². The Morgan fingerprint density at radius 2 is 1.65 bits per heavy atom. The monoisotopic (exact) mass is 490 g/mol. The average molecular weight is 491 g/mol.